The number of carbonyl (C=O) groups is 1. The molecule has 36 heavy (non-hydrogen) atoms. The van der Waals surface area contributed by atoms with E-state index in [-0.39, 0.29) is 23.0 Å². The molecule has 1 saturated heterocycles. The van der Waals surface area contributed by atoms with E-state index in [9.17, 15) is 14.3 Å². The van der Waals surface area contributed by atoms with E-state index in [1.165, 1.54) is 31.3 Å². The van der Waals surface area contributed by atoms with Crippen LogP contribution in [0.4, 0.5) is 21.6 Å². The first-order valence-electron chi connectivity index (χ1n) is 12.0. The lowest BCUT2D eigenvalue weighted by Gasteiger charge is -2.21. The van der Waals surface area contributed by atoms with Crippen LogP contribution in [0.25, 0.3) is 10.9 Å². The van der Waals surface area contributed by atoms with Gasteiger partial charge in [-0.3, -0.25) is 4.79 Å². The number of halogens is 1. The molecule has 0 aliphatic carbocycles. The highest BCUT2D eigenvalue weighted by Crippen LogP contribution is 2.34. The van der Waals surface area contributed by atoms with Crippen molar-refractivity contribution in [3.63, 3.8) is 0 Å². The van der Waals surface area contributed by atoms with E-state index < -0.39 is 23.4 Å². The van der Waals surface area contributed by atoms with E-state index in [0.717, 1.165) is 33.7 Å². The summed E-state index contributed by atoms with van der Waals surface area (Å²) in [4.78, 5) is 21.3. The molecule has 3 aromatic rings. The van der Waals surface area contributed by atoms with Gasteiger partial charge in [0.25, 0.3) is 5.91 Å². The number of carbonyl (C=O) groups excluding carboxylic acids is 1. The summed E-state index contributed by atoms with van der Waals surface area (Å²) in [7, 11) is 0.0791. The third-order valence-electron chi connectivity index (χ3n) is 5.73. The van der Waals surface area contributed by atoms with Crippen molar-refractivity contribution in [2.45, 2.75) is 52.2 Å². The number of hydrogen-bond donors (Lipinski definition) is 3. The largest absolute Gasteiger partial charge is 0.479 e. The van der Waals surface area contributed by atoms with Crippen LogP contribution in [-0.2, 0) is 15.5 Å². The number of anilines is 2. The second kappa shape index (κ2) is 10.9. The van der Waals surface area contributed by atoms with Gasteiger partial charge in [0.1, 0.15) is 23.7 Å². The Morgan fingerprint density at radius 3 is 2.72 bits per heavy atom. The molecule has 1 aliphatic rings. The number of aryl methyl sites for hydroxylation is 1. The zero-order valence-corrected chi connectivity index (χ0v) is 21.8. The molecule has 2 heterocycles. The van der Waals surface area contributed by atoms with Gasteiger partial charge in [-0.1, -0.05) is 10.7 Å². The molecule has 0 bridgehead atoms. The van der Waals surface area contributed by atoms with E-state index in [1.807, 2.05) is 19.1 Å². The molecule has 0 spiro atoms. The van der Waals surface area contributed by atoms with Crippen molar-refractivity contribution in [3.8, 4) is 5.75 Å². The Hall–Kier alpha value is -3.11. The zero-order chi connectivity index (χ0) is 25.9. The van der Waals surface area contributed by atoms with E-state index in [1.54, 1.807) is 26.8 Å². The summed E-state index contributed by atoms with van der Waals surface area (Å²) in [6.45, 7) is 6.80. The predicted octanol–water partition coefficient (Wildman–Crippen LogP) is 4.70. The highest BCUT2D eigenvalue weighted by molar-refractivity contribution is 7.87. The first-order valence-corrected chi connectivity index (χ1v) is 13.5. The first kappa shape index (κ1) is 26.0. The molecule has 2 aromatic carbocycles. The fourth-order valence-corrected chi connectivity index (χ4v) is 5.78. The Morgan fingerprint density at radius 1 is 1.25 bits per heavy atom. The van der Waals surface area contributed by atoms with E-state index in [0.29, 0.717) is 11.5 Å². The van der Waals surface area contributed by atoms with Crippen molar-refractivity contribution in [2.24, 2.45) is 4.36 Å². The Bertz CT molecular complexity index is 1300. The molecule has 1 aromatic heterocycles. The normalized spacial score (nSPS) is 15.1. The second-order valence-electron chi connectivity index (χ2n) is 9.60. The van der Waals surface area contributed by atoms with Crippen LogP contribution in [0.15, 0.2) is 41.0 Å². The van der Waals surface area contributed by atoms with Crippen LogP contribution in [0.5, 0.6) is 5.75 Å². The van der Waals surface area contributed by atoms with Gasteiger partial charge < -0.3 is 20.5 Å². The summed E-state index contributed by atoms with van der Waals surface area (Å²) in [5, 5.41) is 16.5. The summed E-state index contributed by atoms with van der Waals surface area (Å²) in [6.07, 6.45) is 3.02. The molecular weight excluding hydrogens is 481 g/mol. The topological polar surface area (TPSA) is 109 Å². The number of nitrogens with one attached hydrogen (secondary N) is 2. The number of fused-ring (bicyclic) bond motifs is 1. The van der Waals surface area contributed by atoms with Crippen LogP contribution in [0.1, 0.15) is 39.2 Å². The molecule has 0 radical (unpaired) electrons. The van der Waals surface area contributed by atoms with Gasteiger partial charge in [0.15, 0.2) is 6.10 Å². The molecule has 0 unspecified atom stereocenters. The molecule has 4 rings (SSSR count). The zero-order valence-electron chi connectivity index (χ0n) is 21.0. The fourth-order valence-electron chi connectivity index (χ4n) is 3.92. The number of hydrogen-bond acceptors (Lipinski definition) is 7. The lowest BCUT2D eigenvalue weighted by molar-refractivity contribution is -0.128. The first-order chi connectivity index (χ1) is 17.1. The lowest BCUT2D eigenvalue weighted by atomic mass is 10.1. The van der Waals surface area contributed by atoms with Gasteiger partial charge >= 0.3 is 0 Å². The lowest BCUT2D eigenvalue weighted by Crippen LogP contribution is -2.43. The maximum absolute atomic E-state index is 14.1. The SMILES string of the molecule is Cc1cc(N=S2CCCC2)cc2ncnc(Nc3ccc(F)cc3O[C@H](C)C(=O)NCC(C)(C)O)c12. The molecule has 1 amide bonds. The number of aromatic nitrogens is 2. The monoisotopic (exact) mass is 513 g/mol. The smallest absolute Gasteiger partial charge is 0.260 e. The molecule has 1 atom stereocenters. The molecular formula is C26H32FN5O3S. The molecule has 8 nitrogen and oxygen atoms in total. The number of amides is 1. The number of rotatable bonds is 8. The number of ether oxygens (including phenoxy) is 1. The highest BCUT2D eigenvalue weighted by atomic mass is 32.2. The maximum Gasteiger partial charge on any atom is 0.260 e. The summed E-state index contributed by atoms with van der Waals surface area (Å²) >= 11 is 0. The van der Waals surface area contributed by atoms with Crippen molar-refractivity contribution < 1.29 is 19.0 Å². The minimum absolute atomic E-state index is 0.0650. The number of benzene rings is 2. The van der Waals surface area contributed by atoms with Crippen molar-refractivity contribution in [3.05, 3.63) is 48.0 Å². The van der Waals surface area contributed by atoms with Gasteiger partial charge in [0.05, 0.1) is 22.5 Å². The van der Waals surface area contributed by atoms with Crippen LogP contribution in [0.3, 0.4) is 0 Å². The second-order valence-corrected chi connectivity index (χ2v) is 11.5. The van der Waals surface area contributed by atoms with Crippen molar-refractivity contribution in [1.29, 1.82) is 0 Å². The third kappa shape index (κ3) is 6.55. The Kier molecular flexibility index (Phi) is 7.85. The highest BCUT2D eigenvalue weighted by Gasteiger charge is 2.21. The van der Waals surface area contributed by atoms with Crippen LogP contribution in [0, 0.1) is 12.7 Å². The fraction of sp³-hybridized carbons (Fsp3) is 0.423. The standard InChI is InChI=1S/C26H32FN5O3S/c1-16-11-19(32-36-9-5-6-10-36)13-21-23(16)24(30-15-29-21)31-20-8-7-18(27)12-22(20)35-17(2)25(33)28-14-26(3,4)34/h7-8,11-13,15,17,34H,5-6,9-10,14H2,1-4H3,(H,28,33)(H,29,30,31)/t17-/m1/s1. The van der Waals surface area contributed by atoms with Gasteiger partial charge in [-0.05, 0) is 70.4 Å². The van der Waals surface area contributed by atoms with E-state index in [4.69, 9.17) is 9.10 Å². The van der Waals surface area contributed by atoms with Crippen LogP contribution in [-0.4, -0.2) is 50.7 Å². The van der Waals surface area contributed by atoms with Crippen molar-refractivity contribution >= 4 is 44.7 Å². The molecule has 10 heteroatoms. The van der Waals surface area contributed by atoms with E-state index >= 15 is 0 Å². The molecule has 192 valence electrons. The van der Waals surface area contributed by atoms with Gasteiger partial charge in [0, 0.05) is 29.5 Å². The summed E-state index contributed by atoms with van der Waals surface area (Å²) in [6, 6.07) is 8.08. The quantitative estimate of drug-likeness (QED) is 0.403. The van der Waals surface area contributed by atoms with Crippen LogP contribution < -0.4 is 15.4 Å². The third-order valence-corrected chi connectivity index (χ3v) is 7.72. The van der Waals surface area contributed by atoms with Gasteiger partial charge in [-0.15, -0.1) is 0 Å². The molecule has 1 aliphatic heterocycles. The average Bonchev–Trinajstić information content (AvgIpc) is 3.31. The minimum atomic E-state index is -1.06. The van der Waals surface area contributed by atoms with Crippen molar-refractivity contribution in [1.82, 2.24) is 15.3 Å². The van der Waals surface area contributed by atoms with Gasteiger partial charge in [-0.2, -0.15) is 0 Å². The summed E-state index contributed by atoms with van der Waals surface area (Å²) in [5.41, 5.74) is 2.06. The van der Waals surface area contributed by atoms with Gasteiger partial charge in [-0.25, -0.2) is 18.7 Å². The van der Waals surface area contributed by atoms with E-state index in [2.05, 4.69) is 20.6 Å². The average molecular weight is 514 g/mol. The predicted molar refractivity (Wildman–Crippen MR) is 142 cm³/mol. The van der Waals surface area contributed by atoms with Crippen LogP contribution in [0.2, 0.25) is 0 Å². The molecule has 3 N–H and O–H groups in total. The Morgan fingerprint density at radius 2 is 2.00 bits per heavy atom. The molecule has 0 saturated carbocycles. The Balaban J connectivity index is 1.60. The number of aliphatic hydroxyl groups is 1. The van der Waals surface area contributed by atoms with Gasteiger partial charge in [0.2, 0.25) is 0 Å². The summed E-state index contributed by atoms with van der Waals surface area (Å²) in [5.74, 6) is 2.09. The maximum atomic E-state index is 14.1. The Labute approximate surface area is 212 Å². The summed E-state index contributed by atoms with van der Waals surface area (Å²) < 4.78 is 24.8. The minimum Gasteiger partial charge on any atom is -0.479 e. The number of nitrogens with zero attached hydrogens (tertiary/aromatic N) is 3. The molecule has 1 fully saturated rings. The van der Waals surface area contributed by atoms with Crippen LogP contribution >= 0.6 is 0 Å². The van der Waals surface area contributed by atoms with Crippen molar-refractivity contribution in [2.75, 3.05) is 23.4 Å².